The molecule has 0 saturated heterocycles. The number of methoxy groups -OCH3 is 1. The van der Waals surface area contributed by atoms with Gasteiger partial charge in [-0.05, 0) is 12.0 Å². The van der Waals surface area contributed by atoms with Gasteiger partial charge < -0.3 is 10.1 Å². The second-order valence-corrected chi connectivity index (χ2v) is 4.63. The lowest BCUT2D eigenvalue weighted by Crippen LogP contribution is -2.11. The van der Waals surface area contributed by atoms with E-state index >= 15 is 0 Å². The molecule has 2 aromatic rings. The summed E-state index contributed by atoms with van der Waals surface area (Å²) in [7, 11) is 3.55. The summed E-state index contributed by atoms with van der Waals surface area (Å²) < 4.78 is 5.60. The quantitative estimate of drug-likeness (QED) is 0.876. The number of rotatable bonds is 6. The van der Waals surface area contributed by atoms with Gasteiger partial charge in [0.15, 0.2) is 5.82 Å². The van der Waals surface area contributed by atoms with Gasteiger partial charge in [-0.2, -0.15) is 0 Å². The molecule has 0 saturated carbocycles. The minimum Gasteiger partial charge on any atom is -0.373 e. The summed E-state index contributed by atoms with van der Waals surface area (Å²) in [6.07, 6.45) is 1.76. The largest absolute Gasteiger partial charge is 0.373 e. The molecule has 1 aromatic heterocycles. The summed E-state index contributed by atoms with van der Waals surface area (Å²) in [5, 5.41) is 3.09. The van der Waals surface area contributed by atoms with Crippen LogP contribution in [0.15, 0.2) is 36.4 Å². The Hall–Kier alpha value is -1.94. The smallest absolute Gasteiger partial charge is 0.164 e. The standard InChI is InChI=1S/C16H21N3O/c1-4-8-13-11-14(17-2)19-16(18-13)15(20-3)12-9-6-5-7-10-12/h5-7,9-11,15H,4,8H2,1-3H3,(H,17,18,19). The molecule has 0 aliphatic heterocycles. The third-order valence-corrected chi connectivity index (χ3v) is 3.13. The number of nitrogens with zero attached hydrogens (tertiary/aromatic N) is 2. The topological polar surface area (TPSA) is 47.0 Å². The Morgan fingerprint density at radius 2 is 1.95 bits per heavy atom. The molecule has 1 heterocycles. The first kappa shape index (κ1) is 14.5. The molecule has 0 amide bonds. The summed E-state index contributed by atoms with van der Waals surface area (Å²) in [6.45, 7) is 2.14. The first-order chi connectivity index (χ1) is 9.78. The van der Waals surface area contributed by atoms with E-state index in [1.807, 2.05) is 43.4 Å². The van der Waals surface area contributed by atoms with Crippen LogP contribution in [0, 0.1) is 0 Å². The molecule has 106 valence electrons. The van der Waals surface area contributed by atoms with Gasteiger partial charge in [0.2, 0.25) is 0 Å². The number of benzene rings is 1. The molecule has 4 heteroatoms. The summed E-state index contributed by atoms with van der Waals surface area (Å²) in [4.78, 5) is 9.18. The van der Waals surface area contributed by atoms with E-state index in [1.165, 1.54) is 0 Å². The molecule has 2 rings (SSSR count). The van der Waals surface area contributed by atoms with Crippen molar-refractivity contribution in [2.24, 2.45) is 0 Å². The Morgan fingerprint density at radius 3 is 2.55 bits per heavy atom. The van der Waals surface area contributed by atoms with Crippen molar-refractivity contribution >= 4 is 5.82 Å². The van der Waals surface area contributed by atoms with Crippen LogP contribution in [0.5, 0.6) is 0 Å². The zero-order chi connectivity index (χ0) is 14.4. The first-order valence-electron chi connectivity index (χ1n) is 6.91. The highest BCUT2D eigenvalue weighted by Gasteiger charge is 2.17. The van der Waals surface area contributed by atoms with Crippen molar-refractivity contribution in [1.29, 1.82) is 0 Å². The van der Waals surface area contributed by atoms with E-state index in [0.29, 0.717) is 5.82 Å². The number of aryl methyl sites for hydroxylation is 1. The maximum atomic E-state index is 5.60. The average molecular weight is 271 g/mol. The fourth-order valence-electron chi connectivity index (χ4n) is 2.17. The highest BCUT2D eigenvalue weighted by atomic mass is 16.5. The fraction of sp³-hybridized carbons (Fsp3) is 0.375. The molecule has 1 atom stereocenters. The summed E-state index contributed by atoms with van der Waals surface area (Å²) in [6, 6.07) is 12.0. The van der Waals surface area contributed by atoms with E-state index in [0.717, 1.165) is 29.9 Å². The van der Waals surface area contributed by atoms with Crippen LogP contribution in [0.3, 0.4) is 0 Å². The molecule has 0 bridgehead atoms. The Kier molecular flexibility index (Phi) is 5.07. The number of nitrogens with one attached hydrogen (secondary N) is 1. The van der Waals surface area contributed by atoms with Crippen LogP contribution < -0.4 is 5.32 Å². The van der Waals surface area contributed by atoms with E-state index in [-0.39, 0.29) is 6.10 Å². The van der Waals surface area contributed by atoms with Crippen LogP contribution in [-0.2, 0) is 11.2 Å². The third kappa shape index (κ3) is 3.33. The van der Waals surface area contributed by atoms with Gasteiger partial charge in [-0.15, -0.1) is 0 Å². The van der Waals surface area contributed by atoms with Crippen LogP contribution in [0.2, 0.25) is 0 Å². The molecule has 1 aromatic carbocycles. The van der Waals surface area contributed by atoms with Crippen molar-refractivity contribution in [3.63, 3.8) is 0 Å². The monoisotopic (exact) mass is 271 g/mol. The predicted molar refractivity (Wildman–Crippen MR) is 80.9 cm³/mol. The van der Waals surface area contributed by atoms with Gasteiger partial charge in [-0.3, -0.25) is 0 Å². The van der Waals surface area contributed by atoms with Gasteiger partial charge in [-0.25, -0.2) is 9.97 Å². The molecule has 0 aliphatic rings. The zero-order valence-corrected chi connectivity index (χ0v) is 12.3. The lowest BCUT2D eigenvalue weighted by Gasteiger charge is -2.16. The number of anilines is 1. The van der Waals surface area contributed by atoms with Crippen molar-refractivity contribution in [2.75, 3.05) is 19.5 Å². The number of aromatic nitrogens is 2. The van der Waals surface area contributed by atoms with Gasteiger partial charge in [0, 0.05) is 25.9 Å². The molecular formula is C16H21N3O. The molecule has 20 heavy (non-hydrogen) atoms. The normalized spacial score (nSPS) is 12.2. The van der Waals surface area contributed by atoms with E-state index in [4.69, 9.17) is 4.74 Å². The molecule has 1 N–H and O–H groups in total. The second kappa shape index (κ2) is 7.01. The van der Waals surface area contributed by atoms with Crippen LogP contribution in [-0.4, -0.2) is 24.1 Å². The molecule has 1 unspecified atom stereocenters. The van der Waals surface area contributed by atoms with Gasteiger partial charge in [0.1, 0.15) is 11.9 Å². The van der Waals surface area contributed by atoms with Gasteiger partial charge >= 0.3 is 0 Å². The van der Waals surface area contributed by atoms with E-state index in [9.17, 15) is 0 Å². The Balaban J connectivity index is 2.40. The van der Waals surface area contributed by atoms with E-state index in [2.05, 4.69) is 22.2 Å². The first-order valence-corrected chi connectivity index (χ1v) is 6.91. The third-order valence-electron chi connectivity index (χ3n) is 3.13. The molecule has 0 radical (unpaired) electrons. The van der Waals surface area contributed by atoms with Crippen LogP contribution in [0.1, 0.15) is 36.5 Å². The summed E-state index contributed by atoms with van der Waals surface area (Å²) in [5.41, 5.74) is 2.10. The van der Waals surface area contributed by atoms with Crippen LogP contribution >= 0.6 is 0 Å². The molecule has 0 aliphatic carbocycles. The summed E-state index contributed by atoms with van der Waals surface area (Å²) >= 11 is 0. The molecular weight excluding hydrogens is 250 g/mol. The minimum absolute atomic E-state index is 0.236. The van der Waals surface area contributed by atoms with Crippen molar-refractivity contribution in [2.45, 2.75) is 25.9 Å². The molecule has 4 nitrogen and oxygen atoms in total. The van der Waals surface area contributed by atoms with Crippen LogP contribution in [0.25, 0.3) is 0 Å². The molecule has 0 spiro atoms. The lowest BCUT2D eigenvalue weighted by atomic mass is 10.1. The molecule has 0 fully saturated rings. The van der Waals surface area contributed by atoms with Gasteiger partial charge in [-0.1, -0.05) is 43.7 Å². The van der Waals surface area contributed by atoms with Crippen molar-refractivity contribution in [3.8, 4) is 0 Å². The number of hydrogen-bond acceptors (Lipinski definition) is 4. The zero-order valence-electron chi connectivity index (χ0n) is 12.3. The summed E-state index contributed by atoms with van der Waals surface area (Å²) in [5.74, 6) is 1.53. The Bertz CT molecular complexity index is 543. The fourth-order valence-corrected chi connectivity index (χ4v) is 2.17. The minimum atomic E-state index is -0.236. The van der Waals surface area contributed by atoms with Crippen molar-refractivity contribution in [1.82, 2.24) is 9.97 Å². The van der Waals surface area contributed by atoms with Crippen LogP contribution in [0.4, 0.5) is 5.82 Å². The predicted octanol–water partition coefficient (Wildman–Crippen LogP) is 3.21. The van der Waals surface area contributed by atoms with Crippen molar-refractivity contribution in [3.05, 3.63) is 53.5 Å². The maximum absolute atomic E-state index is 5.60. The highest BCUT2D eigenvalue weighted by molar-refractivity contribution is 5.37. The van der Waals surface area contributed by atoms with E-state index in [1.54, 1.807) is 7.11 Å². The highest BCUT2D eigenvalue weighted by Crippen LogP contribution is 2.24. The number of ether oxygens (including phenoxy) is 1. The lowest BCUT2D eigenvalue weighted by molar-refractivity contribution is 0.129. The maximum Gasteiger partial charge on any atom is 0.164 e. The van der Waals surface area contributed by atoms with Gasteiger partial charge in [0.25, 0.3) is 0 Å². The van der Waals surface area contributed by atoms with Crippen molar-refractivity contribution < 1.29 is 4.74 Å². The van der Waals surface area contributed by atoms with E-state index < -0.39 is 0 Å². The Morgan fingerprint density at radius 1 is 1.20 bits per heavy atom. The SMILES string of the molecule is CCCc1cc(NC)nc(C(OC)c2ccccc2)n1. The second-order valence-electron chi connectivity index (χ2n) is 4.63. The average Bonchev–Trinajstić information content (AvgIpc) is 2.49. The number of hydrogen-bond donors (Lipinski definition) is 1. The Labute approximate surface area is 120 Å². The van der Waals surface area contributed by atoms with Gasteiger partial charge in [0.05, 0.1) is 0 Å².